The number of ether oxygens (including phenoxy) is 4. The van der Waals surface area contributed by atoms with Crippen LogP contribution in [-0.4, -0.2) is 39.1 Å². The van der Waals surface area contributed by atoms with Gasteiger partial charge in [0.25, 0.3) is 0 Å². The molecule has 7 heteroatoms. The third kappa shape index (κ3) is 5.42. The Morgan fingerprint density at radius 2 is 1.54 bits per heavy atom. The first-order chi connectivity index (χ1) is 12.6. The molecule has 6 nitrogen and oxygen atoms in total. The Hall–Kier alpha value is -2.67. The van der Waals surface area contributed by atoms with E-state index >= 15 is 0 Å². The number of para-hydroxylation sites is 2. The molecule has 140 valence electrons. The maximum absolute atomic E-state index is 5.80. The number of rotatable bonds is 8. The van der Waals surface area contributed by atoms with Gasteiger partial charge < -0.3 is 29.6 Å². The summed E-state index contributed by atoms with van der Waals surface area (Å²) in [7, 11) is 4.81. The molecule has 2 N–H and O–H groups in total. The largest absolute Gasteiger partial charge is 0.493 e. The maximum Gasteiger partial charge on any atom is 0.171 e. The van der Waals surface area contributed by atoms with Crippen LogP contribution < -0.4 is 29.6 Å². The van der Waals surface area contributed by atoms with E-state index in [9.17, 15) is 0 Å². The Labute approximate surface area is 159 Å². The first-order valence-electron chi connectivity index (χ1n) is 8.12. The smallest absolute Gasteiger partial charge is 0.171 e. The van der Waals surface area contributed by atoms with Gasteiger partial charge in [-0.1, -0.05) is 12.1 Å². The molecule has 0 saturated heterocycles. The molecule has 2 rings (SSSR count). The van der Waals surface area contributed by atoms with Gasteiger partial charge in [0.2, 0.25) is 0 Å². The molecule has 2 aromatic rings. The molecule has 0 aliphatic heterocycles. The fourth-order valence-corrected chi connectivity index (χ4v) is 2.62. The van der Waals surface area contributed by atoms with Crippen LogP contribution in [0.15, 0.2) is 42.5 Å². The topological polar surface area (TPSA) is 61.0 Å². The number of thiocarbonyl (C=S) groups is 1. The minimum Gasteiger partial charge on any atom is -0.493 e. The molecule has 1 atom stereocenters. The van der Waals surface area contributed by atoms with E-state index in [1.807, 2.05) is 49.4 Å². The summed E-state index contributed by atoms with van der Waals surface area (Å²) in [5.41, 5.74) is 0.804. The van der Waals surface area contributed by atoms with Crippen LogP contribution in [-0.2, 0) is 0 Å². The highest BCUT2D eigenvalue weighted by Gasteiger charge is 2.10. The second-order valence-electron chi connectivity index (χ2n) is 5.53. The summed E-state index contributed by atoms with van der Waals surface area (Å²) in [5.74, 6) is 2.69. The van der Waals surface area contributed by atoms with Gasteiger partial charge in [0, 0.05) is 11.8 Å². The van der Waals surface area contributed by atoms with Crippen molar-refractivity contribution in [2.45, 2.75) is 13.0 Å². The molecule has 26 heavy (non-hydrogen) atoms. The van der Waals surface area contributed by atoms with E-state index in [-0.39, 0.29) is 6.04 Å². The molecule has 0 spiro atoms. The van der Waals surface area contributed by atoms with Crippen LogP contribution in [0, 0.1) is 0 Å². The minimum absolute atomic E-state index is 0.0000520. The first-order valence-corrected chi connectivity index (χ1v) is 8.53. The summed E-state index contributed by atoms with van der Waals surface area (Å²) in [6.45, 7) is 2.42. The van der Waals surface area contributed by atoms with Crippen molar-refractivity contribution in [1.82, 2.24) is 5.32 Å². The van der Waals surface area contributed by atoms with Gasteiger partial charge in [-0.05, 0) is 43.4 Å². The van der Waals surface area contributed by atoms with Gasteiger partial charge in [0.15, 0.2) is 28.1 Å². The average Bonchev–Trinajstić information content (AvgIpc) is 2.66. The van der Waals surface area contributed by atoms with E-state index < -0.39 is 0 Å². The van der Waals surface area contributed by atoms with Gasteiger partial charge in [-0.2, -0.15) is 0 Å². The predicted octanol–water partition coefficient (Wildman–Crippen LogP) is 3.47. The van der Waals surface area contributed by atoms with Crippen molar-refractivity contribution >= 4 is 23.0 Å². The fraction of sp³-hybridized carbons (Fsp3) is 0.316. The molecule has 0 heterocycles. The van der Waals surface area contributed by atoms with Crippen molar-refractivity contribution in [3.63, 3.8) is 0 Å². The summed E-state index contributed by atoms with van der Waals surface area (Å²) in [6, 6.07) is 13.0. The summed E-state index contributed by atoms with van der Waals surface area (Å²) in [4.78, 5) is 0. The maximum atomic E-state index is 5.80. The highest BCUT2D eigenvalue weighted by molar-refractivity contribution is 7.80. The predicted molar refractivity (Wildman–Crippen MR) is 107 cm³/mol. The summed E-state index contributed by atoms with van der Waals surface area (Å²) < 4.78 is 21.6. The van der Waals surface area contributed by atoms with Crippen molar-refractivity contribution in [1.29, 1.82) is 0 Å². The van der Waals surface area contributed by atoms with Gasteiger partial charge in [-0.25, -0.2) is 0 Å². The number of nitrogens with one attached hydrogen (secondary N) is 2. The van der Waals surface area contributed by atoms with Gasteiger partial charge in [0.05, 0.1) is 27.4 Å². The van der Waals surface area contributed by atoms with E-state index in [1.165, 1.54) is 0 Å². The Morgan fingerprint density at radius 1 is 0.923 bits per heavy atom. The van der Waals surface area contributed by atoms with Gasteiger partial charge in [-0.15, -0.1) is 0 Å². The summed E-state index contributed by atoms with van der Waals surface area (Å²) in [5, 5.41) is 6.80. The third-order valence-corrected chi connectivity index (χ3v) is 3.80. The Kier molecular flexibility index (Phi) is 7.35. The van der Waals surface area contributed by atoms with Crippen LogP contribution in [0.3, 0.4) is 0 Å². The Morgan fingerprint density at radius 3 is 2.19 bits per heavy atom. The lowest BCUT2D eigenvalue weighted by Crippen LogP contribution is -2.39. The molecule has 0 radical (unpaired) electrons. The average molecular weight is 376 g/mol. The summed E-state index contributed by atoms with van der Waals surface area (Å²) in [6.07, 6.45) is 0. The molecule has 2 aromatic carbocycles. The quantitative estimate of drug-likeness (QED) is 0.684. The van der Waals surface area contributed by atoms with Crippen LogP contribution in [0.1, 0.15) is 6.92 Å². The van der Waals surface area contributed by atoms with Crippen molar-refractivity contribution in [3.05, 3.63) is 42.5 Å². The molecule has 0 unspecified atom stereocenters. The fourth-order valence-electron chi connectivity index (χ4n) is 2.30. The zero-order chi connectivity index (χ0) is 18.9. The van der Waals surface area contributed by atoms with Gasteiger partial charge in [-0.3, -0.25) is 0 Å². The van der Waals surface area contributed by atoms with Gasteiger partial charge in [0.1, 0.15) is 6.61 Å². The second kappa shape index (κ2) is 9.72. The molecule has 0 aromatic heterocycles. The Balaban J connectivity index is 1.87. The van der Waals surface area contributed by atoms with E-state index in [0.29, 0.717) is 34.7 Å². The zero-order valence-corrected chi connectivity index (χ0v) is 16.2. The number of anilines is 1. The SMILES string of the molecule is COc1ccc(NC(=S)N[C@@H](C)COc2ccccc2OC)cc1OC. The minimum atomic E-state index is 0.0000520. The molecular formula is C19H24N2O4S. The monoisotopic (exact) mass is 376 g/mol. The van der Waals surface area contributed by atoms with E-state index in [4.69, 9.17) is 31.2 Å². The molecular weight excluding hydrogens is 352 g/mol. The molecule has 0 saturated carbocycles. The van der Waals surface area contributed by atoms with Crippen LogP contribution in [0.25, 0.3) is 0 Å². The molecule has 0 fully saturated rings. The zero-order valence-electron chi connectivity index (χ0n) is 15.4. The number of benzene rings is 2. The molecule has 0 bridgehead atoms. The number of hydrogen-bond donors (Lipinski definition) is 2. The van der Waals surface area contributed by atoms with Crippen molar-refractivity contribution < 1.29 is 18.9 Å². The first kappa shape index (κ1) is 19.7. The highest BCUT2D eigenvalue weighted by atomic mass is 32.1. The van der Waals surface area contributed by atoms with E-state index in [1.54, 1.807) is 21.3 Å². The van der Waals surface area contributed by atoms with Crippen LogP contribution in [0.5, 0.6) is 23.0 Å². The molecule has 0 amide bonds. The second-order valence-corrected chi connectivity index (χ2v) is 5.94. The highest BCUT2D eigenvalue weighted by Crippen LogP contribution is 2.29. The lowest BCUT2D eigenvalue weighted by Gasteiger charge is -2.19. The number of hydrogen-bond acceptors (Lipinski definition) is 5. The standard InChI is InChI=1S/C19H24N2O4S/c1-13(12-25-17-8-6-5-7-15(17)22-2)20-19(26)21-14-9-10-16(23-3)18(11-14)24-4/h5-11,13H,12H2,1-4H3,(H2,20,21,26)/t13-/m0/s1. The molecule has 0 aliphatic carbocycles. The molecule has 0 aliphatic rings. The van der Waals surface area contributed by atoms with Gasteiger partial charge >= 0.3 is 0 Å². The lowest BCUT2D eigenvalue weighted by molar-refractivity contribution is 0.270. The van der Waals surface area contributed by atoms with Crippen LogP contribution in [0.4, 0.5) is 5.69 Å². The normalized spacial score (nSPS) is 11.2. The van der Waals surface area contributed by atoms with Crippen LogP contribution >= 0.6 is 12.2 Å². The van der Waals surface area contributed by atoms with Crippen molar-refractivity contribution in [3.8, 4) is 23.0 Å². The van der Waals surface area contributed by atoms with Crippen molar-refractivity contribution in [2.75, 3.05) is 33.3 Å². The third-order valence-electron chi connectivity index (χ3n) is 3.58. The lowest BCUT2D eigenvalue weighted by atomic mass is 10.2. The number of methoxy groups -OCH3 is 3. The van der Waals surface area contributed by atoms with E-state index in [2.05, 4.69) is 10.6 Å². The Bertz CT molecular complexity index is 739. The van der Waals surface area contributed by atoms with E-state index in [0.717, 1.165) is 5.69 Å². The van der Waals surface area contributed by atoms with Crippen LogP contribution in [0.2, 0.25) is 0 Å². The van der Waals surface area contributed by atoms with Crippen molar-refractivity contribution in [2.24, 2.45) is 0 Å². The summed E-state index contributed by atoms with van der Waals surface area (Å²) >= 11 is 5.36.